The van der Waals surface area contributed by atoms with Gasteiger partial charge in [-0.25, -0.2) is 9.78 Å². The molecule has 40 heavy (non-hydrogen) atoms. The first-order valence-electron chi connectivity index (χ1n) is 13.9. The first-order valence-corrected chi connectivity index (χ1v) is 14.8. The lowest BCUT2D eigenvalue weighted by atomic mass is 9.82. The van der Waals surface area contributed by atoms with Crippen LogP contribution in [0.2, 0.25) is 0 Å². The molecule has 214 valence electrons. The van der Waals surface area contributed by atoms with Gasteiger partial charge in [-0.1, -0.05) is 45.8 Å². The van der Waals surface area contributed by atoms with E-state index in [1.807, 2.05) is 25.3 Å². The van der Waals surface area contributed by atoms with E-state index in [0.29, 0.717) is 46.8 Å². The molecule has 3 atom stereocenters. The van der Waals surface area contributed by atoms with Crippen LogP contribution in [0.15, 0.2) is 34.3 Å². The maximum Gasteiger partial charge on any atom is 0.329 e. The van der Waals surface area contributed by atoms with Crippen molar-refractivity contribution >= 4 is 23.2 Å². The number of carbonyl (C=O) groups excluding carboxylic acids is 1. The van der Waals surface area contributed by atoms with Gasteiger partial charge >= 0.3 is 5.97 Å². The summed E-state index contributed by atoms with van der Waals surface area (Å²) in [7, 11) is 1.59. The number of carboxylic acid groups (broad SMARTS) is 1. The number of benzene rings is 1. The molecule has 2 fully saturated rings. The van der Waals surface area contributed by atoms with Crippen LogP contribution in [0.25, 0.3) is 0 Å². The van der Waals surface area contributed by atoms with E-state index in [1.54, 1.807) is 30.3 Å². The van der Waals surface area contributed by atoms with Crippen molar-refractivity contribution in [2.45, 2.75) is 89.6 Å². The van der Waals surface area contributed by atoms with Crippen LogP contribution >= 0.6 is 11.3 Å². The molecule has 1 amide bonds. The quantitative estimate of drug-likeness (QED) is 0.334. The number of nitrogens with zero attached hydrogens (tertiary/aromatic N) is 4. The Bertz CT molecular complexity index is 1370. The molecule has 1 saturated heterocycles. The number of hydrogen-bond donors (Lipinski definition) is 1. The van der Waals surface area contributed by atoms with Gasteiger partial charge in [0, 0.05) is 29.5 Å². The zero-order valence-corrected chi connectivity index (χ0v) is 24.8. The minimum absolute atomic E-state index is 0.0338. The van der Waals surface area contributed by atoms with Gasteiger partial charge in [0.2, 0.25) is 5.89 Å². The van der Waals surface area contributed by atoms with Gasteiger partial charge in [0.25, 0.3) is 5.91 Å². The van der Waals surface area contributed by atoms with Gasteiger partial charge in [0.15, 0.2) is 5.82 Å². The van der Waals surface area contributed by atoms with Crippen LogP contribution in [0.3, 0.4) is 0 Å². The predicted octanol–water partition coefficient (Wildman–Crippen LogP) is 6.03. The zero-order chi connectivity index (χ0) is 28.8. The molecule has 1 aliphatic carbocycles. The molecule has 1 N–H and O–H groups in total. The largest absolute Gasteiger partial charge is 0.496 e. The molecule has 1 aliphatic heterocycles. The Hall–Kier alpha value is -3.27. The number of thiazole rings is 1. The summed E-state index contributed by atoms with van der Waals surface area (Å²) in [6.45, 7) is 10.2. The highest BCUT2D eigenvalue weighted by Gasteiger charge is 2.59. The molecule has 1 saturated carbocycles. The molecule has 10 heteroatoms. The number of amides is 1. The Labute approximate surface area is 239 Å². The van der Waals surface area contributed by atoms with Gasteiger partial charge in [0.05, 0.1) is 13.2 Å². The molecule has 0 spiro atoms. The molecule has 3 aromatic rings. The summed E-state index contributed by atoms with van der Waals surface area (Å²) in [5, 5.41) is 17.6. The fourth-order valence-electron chi connectivity index (χ4n) is 6.12. The lowest BCUT2D eigenvalue weighted by molar-refractivity contribution is -0.150. The molecular weight excluding hydrogens is 528 g/mol. The number of rotatable bonds is 9. The minimum atomic E-state index is -1.43. The summed E-state index contributed by atoms with van der Waals surface area (Å²) < 4.78 is 11.2. The molecule has 9 nitrogen and oxygen atoms in total. The minimum Gasteiger partial charge on any atom is -0.496 e. The third-order valence-corrected chi connectivity index (χ3v) is 8.81. The number of carboxylic acids is 1. The van der Waals surface area contributed by atoms with Crippen molar-refractivity contribution in [3.05, 3.63) is 57.6 Å². The third kappa shape index (κ3) is 5.25. The summed E-state index contributed by atoms with van der Waals surface area (Å²) in [6, 6.07) is 4.86. The summed E-state index contributed by atoms with van der Waals surface area (Å²) in [4.78, 5) is 38.6. The van der Waals surface area contributed by atoms with E-state index in [-0.39, 0.29) is 29.6 Å². The Kier molecular flexibility index (Phi) is 7.50. The number of hydrogen-bond acceptors (Lipinski definition) is 8. The fraction of sp³-hybridized carbons (Fsp3) is 0.567. The Morgan fingerprint density at radius 1 is 1.27 bits per heavy atom. The average molecular weight is 567 g/mol. The first-order chi connectivity index (χ1) is 18.9. The maximum absolute atomic E-state index is 14.5. The second kappa shape index (κ2) is 10.6. The average Bonchev–Trinajstić information content (AvgIpc) is 3.26. The molecule has 1 aromatic carbocycles. The van der Waals surface area contributed by atoms with E-state index in [0.717, 1.165) is 18.4 Å². The van der Waals surface area contributed by atoms with Crippen LogP contribution in [0.5, 0.6) is 5.75 Å². The van der Waals surface area contributed by atoms with Crippen LogP contribution in [-0.4, -0.2) is 49.7 Å². The summed E-state index contributed by atoms with van der Waals surface area (Å²) >= 11 is 1.43. The third-order valence-electron chi connectivity index (χ3n) is 7.96. The number of ether oxygens (including phenoxy) is 1. The van der Waals surface area contributed by atoms with Crippen LogP contribution in [0, 0.1) is 11.8 Å². The number of aliphatic carboxylic acids is 1. The van der Waals surface area contributed by atoms with Crippen molar-refractivity contribution in [3.8, 4) is 5.75 Å². The van der Waals surface area contributed by atoms with E-state index < -0.39 is 17.6 Å². The van der Waals surface area contributed by atoms with Crippen molar-refractivity contribution in [3.63, 3.8) is 0 Å². The number of carbonyl (C=O) groups is 2. The number of aromatic nitrogens is 3. The summed E-state index contributed by atoms with van der Waals surface area (Å²) in [5.41, 5.74) is -0.262. The van der Waals surface area contributed by atoms with E-state index in [2.05, 4.69) is 35.9 Å². The molecule has 0 bridgehead atoms. The number of likely N-dealkylation sites (tertiary alicyclic amines) is 1. The topological polar surface area (TPSA) is 119 Å². The molecule has 0 radical (unpaired) electrons. The second-order valence-electron chi connectivity index (χ2n) is 12.6. The van der Waals surface area contributed by atoms with Gasteiger partial charge in [-0.15, -0.1) is 11.3 Å². The lowest BCUT2D eigenvalue weighted by Crippen LogP contribution is -2.54. The highest BCUT2D eigenvalue weighted by Crippen LogP contribution is 2.52. The zero-order valence-electron chi connectivity index (χ0n) is 24.0. The van der Waals surface area contributed by atoms with E-state index in [1.165, 1.54) is 11.3 Å². The second-order valence-corrected chi connectivity index (χ2v) is 13.5. The predicted molar refractivity (Wildman–Crippen MR) is 151 cm³/mol. The normalized spacial score (nSPS) is 23.1. The summed E-state index contributed by atoms with van der Waals surface area (Å²) in [6.07, 6.45) is 4.75. The van der Waals surface area contributed by atoms with Crippen molar-refractivity contribution in [2.24, 2.45) is 11.8 Å². The van der Waals surface area contributed by atoms with Crippen molar-refractivity contribution in [1.82, 2.24) is 20.0 Å². The van der Waals surface area contributed by atoms with Crippen LogP contribution in [0.4, 0.5) is 0 Å². The number of methoxy groups -OCH3 is 1. The van der Waals surface area contributed by atoms with Gasteiger partial charge in [-0.3, -0.25) is 4.79 Å². The van der Waals surface area contributed by atoms with E-state index >= 15 is 0 Å². The van der Waals surface area contributed by atoms with Gasteiger partial charge < -0.3 is 19.3 Å². The SMILES string of the molecule is COc1cc(C(=O)N2[C@@H](c3nccs3)C(Cc3noc(C4CC4)n3)C[C@@]2(CC(C)C)C(=O)O)ccc1C(C)(C)C. The molecule has 2 aromatic heterocycles. The van der Waals surface area contributed by atoms with Crippen LogP contribution in [-0.2, 0) is 16.6 Å². The highest BCUT2D eigenvalue weighted by atomic mass is 32.1. The van der Waals surface area contributed by atoms with Gasteiger partial charge in [-0.2, -0.15) is 4.98 Å². The Morgan fingerprint density at radius 3 is 2.60 bits per heavy atom. The first kappa shape index (κ1) is 28.3. The monoisotopic (exact) mass is 566 g/mol. The molecule has 2 aliphatic rings. The van der Waals surface area contributed by atoms with Crippen molar-refractivity contribution < 1.29 is 24.0 Å². The molecule has 5 rings (SSSR count). The van der Waals surface area contributed by atoms with Crippen LogP contribution < -0.4 is 4.74 Å². The molecule has 1 unspecified atom stereocenters. The van der Waals surface area contributed by atoms with Gasteiger partial charge in [-0.05, 0) is 60.6 Å². The maximum atomic E-state index is 14.5. The fourth-order valence-corrected chi connectivity index (χ4v) is 6.94. The lowest BCUT2D eigenvalue weighted by Gasteiger charge is -2.39. The van der Waals surface area contributed by atoms with E-state index in [9.17, 15) is 14.7 Å². The van der Waals surface area contributed by atoms with Gasteiger partial charge in [0.1, 0.15) is 16.3 Å². The molecule has 3 heterocycles. The Balaban J connectivity index is 1.61. The molecular formula is C30H38N4O5S. The van der Waals surface area contributed by atoms with Crippen LogP contribution in [0.1, 0.15) is 105 Å². The smallest absolute Gasteiger partial charge is 0.329 e. The standard InChI is InChI=1S/C30H38N4O5S/c1-17(2)15-30(28(36)37)16-20(14-23-32-25(39-33-23)18-7-8-18)24(26-31-11-12-40-26)34(30)27(35)19-9-10-21(29(3,4)5)22(13-19)38-6/h9-13,17-18,20,24H,7-8,14-16H2,1-6H3,(H,36,37)/t20?,24-,30+/m1/s1. The summed E-state index contributed by atoms with van der Waals surface area (Å²) in [5.74, 6) is 0.524. The van der Waals surface area contributed by atoms with Crippen molar-refractivity contribution in [2.75, 3.05) is 7.11 Å². The van der Waals surface area contributed by atoms with Crippen molar-refractivity contribution in [1.29, 1.82) is 0 Å². The highest BCUT2D eigenvalue weighted by molar-refractivity contribution is 7.09. The van der Waals surface area contributed by atoms with E-state index in [4.69, 9.17) is 9.26 Å². The Morgan fingerprint density at radius 2 is 2.02 bits per heavy atom.